The second kappa shape index (κ2) is 16.5. The molecule has 1 amide bonds. The van der Waals surface area contributed by atoms with Crippen molar-refractivity contribution in [2.45, 2.75) is 38.5 Å². The third-order valence-corrected chi connectivity index (χ3v) is 2.05. The molecule has 0 aromatic heterocycles. The zero-order chi connectivity index (χ0) is 9.78. The van der Waals surface area contributed by atoms with E-state index in [4.69, 9.17) is 0 Å². The van der Waals surface area contributed by atoms with Gasteiger partial charge in [0.1, 0.15) is 0 Å². The molecular formula is C10H21KN2O. The van der Waals surface area contributed by atoms with Gasteiger partial charge in [0.25, 0.3) is 0 Å². The summed E-state index contributed by atoms with van der Waals surface area (Å²) >= 11 is 0. The minimum Gasteiger partial charge on any atom is -0.530 e. The Morgan fingerprint density at radius 1 is 0.929 bits per heavy atom. The van der Waals surface area contributed by atoms with E-state index in [0.717, 1.165) is 19.5 Å². The third-order valence-electron chi connectivity index (χ3n) is 2.05. The molecule has 0 radical (unpaired) electrons. The van der Waals surface area contributed by atoms with E-state index in [1.807, 2.05) is 7.05 Å². The van der Waals surface area contributed by atoms with Crippen LogP contribution in [0.15, 0.2) is 0 Å². The first kappa shape index (κ1) is 17.5. The zero-order valence-electron chi connectivity index (χ0n) is 9.57. The second-order valence-electron chi connectivity index (χ2n) is 3.25. The molecule has 0 aliphatic heterocycles. The van der Waals surface area contributed by atoms with E-state index in [9.17, 15) is 4.79 Å². The number of nitrogens with one attached hydrogen (secondary N) is 2. The first-order chi connectivity index (χ1) is 6.41. The van der Waals surface area contributed by atoms with Gasteiger partial charge in [-0.25, -0.2) is 0 Å². The van der Waals surface area contributed by atoms with Crippen LogP contribution in [-0.2, 0) is 4.79 Å². The molecule has 0 aromatic rings. The van der Waals surface area contributed by atoms with E-state index >= 15 is 0 Å². The normalized spacial score (nSPS) is 9.21. The van der Waals surface area contributed by atoms with Crippen molar-refractivity contribution >= 4 is 6.41 Å². The molecule has 0 heterocycles. The van der Waals surface area contributed by atoms with Gasteiger partial charge in [0.05, 0.1) is 0 Å². The van der Waals surface area contributed by atoms with Crippen LogP contribution in [0, 0.1) is 0 Å². The number of amides is 1. The van der Waals surface area contributed by atoms with E-state index in [1.54, 1.807) is 6.41 Å². The van der Waals surface area contributed by atoms with Crippen molar-refractivity contribution in [2.24, 2.45) is 0 Å². The molecule has 0 atom stereocenters. The predicted molar refractivity (Wildman–Crippen MR) is 55.3 cm³/mol. The summed E-state index contributed by atoms with van der Waals surface area (Å²) in [6.45, 7) is 1.90. The van der Waals surface area contributed by atoms with Gasteiger partial charge in [-0.3, -0.25) is 0 Å². The standard InChI is InChI=1S/C10H21N2O.K/c1-11-8-6-4-2-3-5-7-9-12-10-13;/h11H,2-9H2,1H3,(H,12,13);/q-1;+1. The maximum Gasteiger partial charge on any atom is 1.00 e. The van der Waals surface area contributed by atoms with Crippen LogP contribution in [0.3, 0.4) is 0 Å². The second-order valence-corrected chi connectivity index (χ2v) is 3.25. The quantitative estimate of drug-likeness (QED) is 0.199. The van der Waals surface area contributed by atoms with Gasteiger partial charge in [-0.05, 0) is 33.0 Å². The summed E-state index contributed by atoms with van der Waals surface area (Å²) in [6.07, 6.45) is 9.16. The Morgan fingerprint density at radius 3 is 1.93 bits per heavy atom. The van der Waals surface area contributed by atoms with E-state index < -0.39 is 0 Å². The Bertz CT molecular complexity index is 112. The van der Waals surface area contributed by atoms with Crippen LogP contribution in [0.5, 0.6) is 0 Å². The minimum absolute atomic E-state index is 0. The molecule has 0 saturated heterocycles. The molecule has 0 unspecified atom stereocenters. The first-order valence-corrected chi connectivity index (χ1v) is 5.16. The monoisotopic (exact) mass is 224 g/mol. The number of hydrogen-bond donors (Lipinski definition) is 2. The van der Waals surface area contributed by atoms with E-state index in [2.05, 4.69) is 10.6 Å². The Kier molecular flexibility index (Phi) is 20.6. The number of unbranched alkanes of at least 4 members (excludes halogenated alkanes) is 5. The topological polar surface area (TPSA) is 41.1 Å². The molecule has 3 nitrogen and oxygen atoms in total. The maximum atomic E-state index is 9.77. The summed E-state index contributed by atoms with van der Waals surface area (Å²) in [4.78, 5) is 9.77. The zero-order valence-corrected chi connectivity index (χ0v) is 12.7. The predicted octanol–water partition coefficient (Wildman–Crippen LogP) is -1.79. The largest absolute Gasteiger partial charge is 1.00 e. The van der Waals surface area contributed by atoms with Gasteiger partial charge in [-0.1, -0.05) is 25.7 Å². The number of hydrogen-bond acceptors (Lipinski definition) is 2. The van der Waals surface area contributed by atoms with Crippen LogP contribution in [0.25, 0.3) is 0 Å². The fraction of sp³-hybridized carbons (Fsp3) is 0.900. The Labute approximate surface area is 130 Å². The summed E-state index contributed by atoms with van der Waals surface area (Å²) < 4.78 is 0. The SMILES string of the molecule is CNCCCCCCCCN[C-]=O.[K+]. The van der Waals surface area contributed by atoms with E-state index in [0.29, 0.717) is 0 Å². The molecule has 4 heteroatoms. The average Bonchev–Trinajstić information content (AvgIpc) is 2.16. The summed E-state index contributed by atoms with van der Waals surface area (Å²) in [5.74, 6) is 0. The summed E-state index contributed by atoms with van der Waals surface area (Å²) in [6, 6.07) is 0. The van der Waals surface area contributed by atoms with Gasteiger partial charge < -0.3 is 15.4 Å². The summed E-state index contributed by atoms with van der Waals surface area (Å²) in [7, 11) is 1.99. The number of rotatable bonds is 10. The smallest absolute Gasteiger partial charge is 0.530 e. The molecule has 0 saturated carbocycles. The molecule has 2 N–H and O–H groups in total. The van der Waals surface area contributed by atoms with Crippen molar-refractivity contribution in [2.75, 3.05) is 20.1 Å². The van der Waals surface area contributed by atoms with Gasteiger partial charge in [-0.2, -0.15) is 6.41 Å². The molecule has 0 spiro atoms. The molecule has 0 fully saturated rings. The van der Waals surface area contributed by atoms with Gasteiger partial charge in [0.15, 0.2) is 0 Å². The molecule has 0 aromatic carbocycles. The Morgan fingerprint density at radius 2 is 1.43 bits per heavy atom. The first-order valence-electron chi connectivity index (χ1n) is 5.16. The van der Waals surface area contributed by atoms with Crippen molar-refractivity contribution in [1.29, 1.82) is 0 Å². The van der Waals surface area contributed by atoms with Crippen LogP contribution >= 0.6 is 0 Å². The van der Waals surface area contributed by atoms with Crippen LogP contribution in [0.1, 0.15) is 38.5 Å². The van der Waals surface area contributed by atoms with Crippen LogP contribution in [0.2, 0.25) is 0 Å². The number of carbonyl (C=O) groups excluding carboxylic acids is 1. The summed E-state index contributed by atoms with van der Waals surface area (Å²) in [5.41, 5.74) is 0. The van der Waals surface area contributed by atoms with Crippen LogP contribution in [-0.4, -0.2) is 26.5 Å². The van der Waals surface area contributed by atoms with Crippen LogP contribution in [0.4, 0.5) is 0 Å². The molecule has 0 aliphatic carbocycles. The van der Waals surface area contributed by atoms with Crippen molar-refractivity contribution in [1.82, 2.24) is 10.6 Å². The van der Waals surface area contributed by atoms with E-state index in [1.165, 1.54) is 32.1 Å². The molecular weight excluding hydrogens is 203 g/mol. The third kappa shape index (κ3) is 15.5. The minimum atomic E-state index is 0. The van der Waals surface area contributed by atoms with Crippen molar-refractivity contribution in [3.8, 4) is 0 Å². The Hall–Kier alpha value is 1.07. The molecule has 0 bridgehead atoms. The van der Waals surface area contributed by atoms with Crippen molar-refractivity contribution in [3.63, 3.8) is 0 Å². The molecule has 14 heavy (non-hydrogen) atoms. The van der Waals surface area contributed by atoms with Crippen molar-refractivity contribution in [3.05, 3.63) is 0 Å². The average molecular weight is 224 g/mol. The van der Waals surface area contributed by atoms with Gasteiger partial charge >= 0.3 is 51.4 Å². The molecule has 78 valence electrons. The fourth-order valence-electron chi connectivity index (χ4n) is 1.27. The molecule has 0 rings (SSSR count). The maximum absolute atomic E-state index is 9.77. The Balaban J connectivity index is 0. The van der Waals surface area contributed by atoms with Gasteiger partial charge in [-0.15, -0.1) is 0 Å². The summed E-state index contributed by atoms with van der Waals surface area (Å²) in [5, 5.41) is 5.68. The fourth-order valence-corrected chi connectivity index (χ4v) is 1.27. The van der Waals surface area contributed by atoms with Gasteiger partial charge in [0.2, 0.25) is 0 Å². The van der Waals surface area contributed by atoms with Crippen LogP contribution < -0.4 is 62.0 Å². The molecule has 0 aliphatic rings. The van der Waals surface area contributed by atoms with Crippen molar-refractivity contribution < 1.29 is 56.2 Å². The van der Waals surface area contributed by atoms with E-state index in [-0.39, 0.29) is 51.4 Å². The van der Waals surface area contributed by atoms with Gasteiger partial charge in [0, 0.05) is 0 Å².